The molecule has 0 aromatic heterocycles. The Balaban J connectivity index is 2.79. The van der Waals surface area contributed by atoms with Crippen LogP contribution in [0.15, 0.2) is 0 Å². The number of esters is 2. The Bertz CT molecular complexity index is 351. The number of nitrogens with one attached hydrogen (secondary N) is 1. The van der Waals surface area contributed by atoms with Crippen LogP contribution < -0.4 is 5.48 Å². The Kier molecular flexibility index (Phi) is 4.89. The first-order valence-corrected chi connectivity index (χ1v) is 5.98. The number of hydrogen-bond acceptors (Lipinski definition) is 7. The van der Waals surface area contributed by atoms with Crippen LogP contribution in [0.5, 0.6) is 0 Å². The lowest BCUT2D eigenvalue weighted by atomic mass is 9.92. The number of carbonyl (C=O) groups is 2. The van der Waals surface area contributed by atoms with Gasteiger partial charge in [0.2, 0.25) is 0 Å². The molecular formula is C12H21NO6. The van der Waals surface area contributed by atoms with Gasteiger partial charge in [0.1, 0.15) is 0 Å². The summed E-state index contributed by atoms with van der Waals surface area (Å²) in [4.78, 5) is 28.5. The highest BCUT2D eigenvalue weighted by molar-refractivity contribution is 5.87. The molecule has 0 bridgehead atoms. The molecule has 1 aliphatic heterocycles. The third kappa shape index (κ3) is 4.15. The number of carbonyl (C=O) groups excluding carboxylic acids is 2. The minimum atomic E-state index is -1.27. The fourth-order valence-corrected chi connectivity index (χ4v) is 1.83. The summed E-state index contributed by atoms with van der Waals surface area (Å²) in [5.74, 6) is -1.11. The highest BCUT2D eigenvalue weighted by Crippen LogP contribution is 2.30. The van der Waals surface area contributed by atoms with E-state index in [-0.39, 0.29) is 12.8 Å². The molecule has 0 aliphatic carbocycles. The summed E-state index contributed by atoms with van der Waals surface area (Å²) in [5, 5.41) is 0. The minimum Gasteiger partial charge on any atom is -0.469 e. The lowest BCUT2D eigenvalue weighted by molar-refractivity contribution is -0.194. The van der Waals surface area contributed by atoms with Crippen LogP contribution in [0, 0.1) is 0 Å². The number of hydroxylamine groups is 1. The summed E-state index contributed by atoms with van der Waals surface area (Å²) in [6, 6.07) is 0. The molecule has 19 heavy (non-hydrogen) atoms. The highest BCUT2D eigenvalue weighted by Gasteiger charge is 2.50. The van der Waals surface area contributed by atoms with E-state index in [9.17, 15) is 9.59 Å². The molecule has 0 saturated carbocycles. The Hall–Kier alpha value is -1.18. The first-order valence-electron chi connectivity index (χ1n) is 5.98. The molecule has 2 atom stereocenters. The smallest absolute Gasteiger partial charge is 0.329 e. The second kappa shape index (κ2) is 5.85. The van der Waals surface area contributed by atoms with Gasteiger partial charge in [-0.25, -0.2) is 4.79 Å². The zero-order valence-corrected chi connectivity index (χ0v) is 11.9. The number of hydrogen-bond donors (Lipinski definition) is 1. The van der Waals surface area contributed by atoms with Gasteiger partial charge in [-0.2, -0.15) is 5.48 Å². The Morgan fingerprint density at radius 1 is 1.32 bits per heavy atom. The predicted molar refractivity (Wildman–Crippen MR) is 64.8 cm³/mol. The zero-order valence-electron chi connectivity index (χ0n) is 11.9. The molecule has 0 aromatic carbocycles. The van der Waals surface area contributed by atoms with Gasteiger partial charge < -0.3 is 14.2 Å². The molecule has 0 amide bonds. The van der Waals surface area contributed by atoms with Crippen molar-refractivity contribution in [1.29, 1.82) is 0 Å². The van der Waals surface area contributed by atoms with Crippen LogP contribution in [-0.4, -0.2) is 43.6 Å². The molecule has 1 fully saturated rings. The maximum Gasteiger partial charge on any atom is 0.329 e. The zero-order chi connectivity index (χ0) is 14.7. The molecule has 1 heterocycles. The van der Waals surface area contributed by atoms with Crippen LogP contribution in [0.2, 0.25) is 0 Å². The first kappa shape index (κ1) is 15.9. The van der Waals surface area contributed by atoms with Crippen molar-refractivity contribution >= 4 is 11.9 Å². The van der Waals surface area contributed by atoms with Crippen LogP contribution in [0.3, 0.4) is 0 Å². The van der Waals surface area contributed by atoms with Crippen molar-refractivity contribution in [2.24, 2.45) is 0 Å². The molecule has 0 radical (unpaired) electrons. The normalized spacial score (nSPS) is 27.1. The maximum atomic E-state index is 11.9. The monoisotopic (exact) mass is 275 g/mol. The predicted octanol–water partition coefficient (Wildman–Crippen LogP) is 0.527. The molecule has 1 rings (SSSR count). The Labute approximate surface area is 112 Å². The average molecular weight is 275 g/mol. The summed E-state index contributed by atoms with van der Waals surface area (Å²) < 4.78 is 14.9. The van der Waals surface area contributed by atoms with Gasteiger partial charge in [-0.1, -0.05) is 0 Å². The van der Waals surface area contributed by atoms with Crippen molar-refractivity contribution in [3.63, 3.8) is 0 Å². The van der Waals surface area contributed by atoms with Gasteiger partial charge >= 0.3 is 11.9 Å². The van der Waals surface area contributed by atoms with Crippen molar-refractivity contribution in [3.8, 4) is 0 Å². The van der Waals surface area contributed by atoms with Crippen molar-refractivity contribution in [3.05, 3.63) is 0 Å². The van der Waals surface area contributed by atoms with E-state index in [1.165, 1.54) is 14.2 Å². The van der Waals surface area contributed by atoms with E-state index in [0.717, 1.165) is 0 Å². The second-order valence-electron chi connectivity index (χ2n) is 5.41. The van der Waals surface area contributed by atoms with Crippen LogP contribution in [-0.2, 0) is 28.6 Å². The quantitative estimate of drug-likeness (QED) is 0.749. The summed E-state index contributed by atoms with van der Waals surface area (Å²) in [6.45, 7) is 5.61. The van der Waals surface area contributed by atoms with Gasteiger partial charge in [-0.3, -0.25) is 9.63 Å². The van der Waals surface area contributed by atoms with Crippen LogP contribution in [0.4, 0.5) is 0 Å². The summed E-state index contributed by atoms with van der Waals surface area (Å²) in [7, 11) is 2.51. The van der Waals surface area contributed by atoms with E-state index in [4.69, 9.17) is 14.3 Å². The average Bonchev–Trinajstić information content (AvgIpc) is 2.69. The fraction of sp³-hybridized carbons (Fsp3) is 0.833. The van der Waals surface area contributed by atoms with Crippen LogP contribution in [0.1, 0.15) is 33.6 Å². The molecule has 110 valence electrons. The molecule has 0 spiro atoms. The van der Waals surface area contributed by atoms with E-state index >= 15 is 0 Å². The van der Waals surface area contributed by atoms with E-state index in [1.54, 1.807) is 0 Å². The number of rotatable bonds is 4. The number of methoxy groups -OCH3 is 2. The largest absolute Gasteiger partial charge is 0.469 e. The van der Waals surface area contributed by atoms with Crippen molar-refractivity contribution < 1.29 is 28.6 Å². The molecule has 1 N–H and O–H groups in total. The van der Waals surface area contributed by atoms with Crippen LogP contribution in [0.25, 0.3) is 0 Å². The third-order valence-electron chi connectivity index (χ3n) is 2.64. The molecular weight excluding hydrogens is 254 g/mol. The Morgan fingerprint density at radius 3 is 2.42 bits per heavy atom. The summed E-state index contributed by atoms with van der Waals surface area (Å²) in [5.41, 5.74) is 0.865. The van der Waals surface area contributed by atoms with Gasteiger partial charge in [-0.15, -0.1) is 0 Å². The lowest BCUT2D eigenvalue weighted by Crippen LogP contribution is -2.49. The molecule has 0 unspecified atom stereocenters. The highest BCUT2D eigenvalue weighted by atomic mass is 16.8. The third-order valence-corrected chi connectivity index (χ3v) is 2.64. The van der Waals surface area contributed by atoms with E-state index in [1.807, 2.05) is 20.8 Å². The van der Waals surface area contributed by atoms with Gasteiger partial charge in [0, 0.05) is 6.42 Å². The van der Waals surface area contributed by atoms with E-state index in [0.29, 0.717) is 0 Å². The molecule has 1 aliphatic rings. The molecule has 1 saturated heterocycles. The molecule has 0 aromatic rings. The van der Waals surface area contributed by atoms with Gasteiger partial charge in [0.15, 0.2) is 11.8 Å². The van der Waals surface area contributed by atoms with Gasteiger partial charge in [-0.05, 0) is 20.8 Å². The summed E-state index contributed by atoms with van der Waals surface area (Å²) in [6.07, 6.45) is -0.643. The number of ether oxygens (including phenoxy) is 3. The van der Waals surface area contributed by atoms with E-state index in [2.05, 4.69) is 10.2 Å². The summed E-state index contributed by atoms with van der Waals surface area (Å²) >= 11 is 0. The molecule has 7 heteroatoms. The SMILES string of the molecule is COC(=O)C[C@@]1(C(=O)OC)C[C@@H](OC(C)(C)C)ON1. The fourth-order valence-electron chi connectivity index (χ4n) is 1.83. The van der Waals surface area contributed by atoms with Crippen molar-refractivity contribution in [2.75, 3.05) is 14.2 Å². The maximum absolute atomic E-state index is 11.9. The lowest BCUT2D eigenvalue weighted by Gasteiger charge is -2.24. The topological polar surface area (TPSA) is 83.1 Å². The minimum absolute atomic E-state index is 0.173. The Morgan fingerprint density at radius 2 is 1.95 bits per heavy atom. The standard InChI is InChI=1S/C12H21NO6/c1-11(2,3)18-9-7-12(13-19-9,10(15)17-5)6-8(14)16-4/h9,13H,6-7H2,1-5H3/t9-,12-/m0/s1. The van der Waals surface area contributed by atoms with Gasteiger partial charge in [0.25, 0.3) is 0 Å². The van der Waals surface area contributed by atoms with Crippen LogP contribution >= 0.6 is 0 Å². The van der Waals surface area contributed by atoms with E-state index < -0.39 is 29.4 Å². The molecule has 7 nitrogen and oxygen atoms in total. The second-order valence-corrected chi connectivity index (χ2v) is 5.41. The van der Waals surface area contributed by atoms with Gasteiger partial charge in [0.05, 0.1) is 26.2 Å². The van der Waals surface area contributed by atoms with Crippen molar-refractivity contribution in [1.82, 2.24) is 5.48 Å². The first-order chi connectivity index (χ1) is 8.72. The van der Waals surface area contributed by atoms with Crippen molar-refractivity contribution in [2.45, 2.75) is 51.0 Å².